The first-order valence-corrected chi connectivity index (χ1v) is 5.63. The Bertz CT molecular complexity index is 284. The zero-order valence-electron chi connectivity index (χ0n) is 9.23. The summed E-state index contributed by atoms with van der Waals surface area (Å²) in [5.41, 5.74) is 0. The number of rotatable bonds is 5. The van der Waals surface area contributed by atoms with Crippen LogP contribution in [0, 0.1) is 0 Å². The van der Waals surface area contributed by atoms with E-state index >= 15 is 0 Å². The van der Waals surface area contributed by atoms with Crippen LogP contribution >= 0.6 is 12.2 Å². The second kappa shape index (κ2) is 6.40. The summed E-state index contributed by atoms with van der Waals surface area (Å²) in [5.74, 6) is 0. The number of nitrogens with one attached hydrogen (secondary N) is 2. The Labute approximate surface area is 96.1 Å². The number of thiocarbonyl (C=S) groups is 1. The van der Waals surface area contributed by atoms with Crippen LogP contribution in [0.1, 0.15) is 20.3 Å². The van der Waals surface area contributed by atoms with Gasteiger partial charge in [-0.3, -0.25) is 0 Å². The van der Waals surface area contributed by atoms with Crippen molar-refractivity contribution in [1.82, 2.24) is 20.2 Å². The highest BCUT2D eigenvalue weighted by Crippen LogP contribution is 1.91. The lowest BCUT2D eigenvalue weighted by Gasteiger charge is -2.17. The molecule has 0 saturated heterocycles. The molecule has 84 valence electrons. The summed E-state index contributed by atoms with van der Waals surface area (Å²) in [4.78, 5) is 3.99. The minimum absolute atomic E-state index is 0.302. The zero-order valence-corrected chi connectivity index (χ0v) is 10.0. The Morgan fingerprint density at radius 1 is 1.60 bits per heavy atom. The normalized spacial score (nSPS) is 12.1. The molecule has 0 radical (unpaired) electrons. The van der Waals surface area contributed by atoms with Gasteiger partial charge in [0.1, 0.15) is 0 Å². The molecule has 1 unspecified atom stereocenters. The monoisotopic (exact) mass is 226 g/mol. The van der Waals surface area contributed by atoms with Gasteiger partial charge in [0.05, 0.1) is 6.33 Å². The first-order chi connectivity index (χ1) is 7.22. The highest BCUT2D eigenvalue weighted by molar-refractivity contribution is 7.80. The molecule has 0 aliphatic carbocycles. The quantitative estimate of drug-likeness (QED) is 0.739. The summed E-state index contributed by atoms with van der Waals surface area (Å²) in [6.07, 6.45) is 6.61. The molecular formula is C10H18N4S. The van der Waals surface area contributed by atoms with Gasteiger partial charge in [-0.2, -0.15) is 0 Å². The molecule has 0 aromatic carbocycles. The molecule has 0 saturated carbocycles. The fraction of sp³-hybridized carbons (Fsp3) is 0.600. The number of nitrogens with zero attached hydrogens (tertiary/aromatic N) is 2. The second-order valence-corrected chi connectivity index (χ2v) is 3.97. The summed E-state index contributed by atoms with van der Waals surface area (Å²) in [6, 6.07) is 0.302. The predicted molar refractivity (Wildman–Crippen MR) is 65.7 cm³/mol. The van der Waals surface area contributed by atoms with Crippen LogP contribution in [0.5, 0.6) is 0 Å². The van der Waals surface area contributed by atoms with E-state index in [0.29, 0.717) is 6.04 Å². The zero-order chi connectivity index (χ0) is 11.1. The molecule has 1 aromatic heterocycles. The molecule has 0 bridgehead atoms. The first-order valence-electron chi connectivity index (χ1n) is 5.22. The van der Waals surface area contributed by atoms with Gasteiger partial charge in [0.25, 0.3) is 0 Å². The van der Waals surface area contributed by atoms with Crippen LogP contribution in [0.4, 0.5) is 0 Å². The first kappa shape index (κ1) is 12.0. The van der Waals surface area contributed by atoms with E-state index in [2.05, 4.69) is 29.5 Å². The van der Waals surface area contributed by atoms with Crippen LogP contribution in [0.25, 0.3) is 0 Å². The lowest BCUT2D eigenvalue weighted by molar-refractivity contribution is 0.542. The van der Waals surface area contributed by atoms with Gasteiger partial charge in [-0.1, -0.05) is 6.92 Å². The molecule has 0 spiro atoms. The van der Waals surface area contributed by atoms with Gasteiger partial charge in [0.15, 0.2) is 5.11 Å². The maximum Gasteiger partial charge on any atom is 0.166 e. The van der Waals surface area contributed by atoms with Crippen molar-refractivity contribution >= 4 is 17.3 Å². The summed E-state index contributed by atoms with van der Waals surface area (Å²) < 4.78 is 2.03. The Kier molecular flexibility index (Phi) is 5.10. The van der Waals surface area contributed by atoms with Gasteiger partial charge in [-0.25, -0.2) is 4.98 Å². The smallest absolute Gasteiger partial charge is 0.166 e. The van der Waals surface area contributed by atoms with Crippen LogP contribution in [0.15, 0.2) is 18.7 Å². The van der Waals surface area contributed by atoms with Crippen LogP contribution in [0.3, 0.4) is 0 Å². The van der Waals surface area contributed by atoms with Gasteiger partial charge in [0, 0.05) is 31.5 Å². The van der Waals surface area contributed by atoms with Crippen LogP contribution in [-0.4, -0.2) is 27.3 Å². The van der Waals surface area contributed by atoms with E-state index in [9.17, 15) is 0 Å². The number of hydrogen-bond acceptors (Lipinski definition) is 2. The fourth-order valence-corrected chi connectivity index (χ4v) is 1.57. The average molecular weight is 226 g/mol. The predicted octanol–water partition coefficient (Wildman–Crippen LogP) is 1.15. The molecule has 1 heterocycles. The molecule has 0 aliphatic rings. The van der Waals surface area contributed by atoms with Gasteiger partial charge in [0.2, 0.25) is 0 Å². The van der Waals surface area contributed by atoms with Crippen molar-refractivity contribution < 1.29 is 0 Å². The third kappa shape index (κ3) is 4.78. The fourth-order valence-electron chi connectivity index (χ4n) is 1.27. The van der Waals surface area contributed by atoms with E-state index in [1.165, 1.54) is 0 Å². The van der Waals surface area contributed by atoms with Gasteiger partial charge >= 0.3 is 0 Å². The lowest BCUT2D eigenvalue weighted by Crippen LogP contribution is -2.42. The van der Waals surface area contributed by atoms with Crippen molar-refractivity contribution in [3.05, 3.63) is 18.7 Å². The summed E-state index contributed by atoms with van der Waals surface area (Å²) in [7, 11) is 0. The average Bonchev–Trinajstić information content (AvgIpc) is 2.67. The molecule has 0 amide bonds. The van der Waals surface area contributed by atoms with Crippen LogP contribution in [-0.2, 0) is 6.54 Å². The van der Waals surface area contributed by atoms with Gasteiger partial charge < -0.3 is 15.2 Å². The van der Waals surface area contributed by atoms with E-state index in [1.807, 2.05) is 10.8 Å². The number of hydrogen-bond donors (Lipinski definition) is 2. The molecule has 5 heteroatoms. The molecule has 15 heavy (non-hydrogen) atoms. The molecule has 0 fully saturated rings. The molecule has 1 rings (SSSR count). The number of imidazole rings is 1. The van der Waals surface area contributed by atoms with Crippen molar-refractivity contribution in [3.8, 4) is 0 Å². The van der Waals surface area contributed by atoms with Gasteiger partial charge in [-0.15, -0.1) is 0 Å². The van der Waals surface area contributed by atoms with Crippen molar-refractivity contribution in [2.24, 2.45) is 0 Å². The van der Waals surface area contributed by atoms with E-state index in [0.717, 1.165) is 24.6 Å². The molecule has 2 N–H and O–H groups in total. The number of aromatic nitrogens is 2. The highest BCUT2D eigenvalue weighted by Gasteiger charge is 2.03. The highest BCUT2D eigenvalue weighted by atomic mass is 32.1. The lowest BCUT2D eigenvalue weighted by atomic mass is 10.3. The van der Waals surface area contributed by atoms with Crippen LogP contribution < -0.4 is 10.6 Å². The molecule has 1 aromatic rings. The Balaban J connectivity index is 2.23. The van der Waals surface area contributed by atoms with E-state index in [-0.39, 0.29) is 0 Å². The molecule has 4 nitrogen and oxygen atoms in total. The summed E-state index contributed by atoms with van der Waals surface area (Å²) >= 11 is 5.14. The Morgan fingerprint density at radius 2 is 2.40 bits per heavy atom. The third-order valence-electron chi connectivity index (χ3n) is 1.96. The maximum absolute atomic E-state index is 5.14. The molecule has 0 aliphatic heterocycles. The largest absolute Gasteiger partial charge is 0.363 e. The summed E-state index contributed by atoms with van der Waals surface area (Å²) in [6.45, 7) is 6.00. The van der Waals surface area contributed by atoms with Crippen molar-refractivity contribution in [2.75, 3.05) is 6.54 Å². The topological polar surface area (TPSA) is 41.9 Å². The molecule has 1 atom stereocenters. The van der Waals surface area contributed by atoms with Crippen molar-refractivity contribution in [1.29, 1.82) is 0 Å². The standard InChI is InChI=1S/C10H18N4S/c1-3-4-12-10(15)13-9(2)7-14-6-5-11-8-14/h5-6,8-9H,3-4,7H2,1-2H3,(H2,12,13,15). The minimum atomic E-state index is 0.302. The molecular weight excluding hydrogens is 208 g/mol. The van der Waals surface area contributed by atoms with Gasteiger partial charge in [-0.05, 0) is 25.6 Å². The van der Waals surface area contributed by atoms with E-state index in [4.69, 9.17) is 12.2 Å². The Hall–Kier alpha value is -1.10. The SMILES string of the molecule is CCCNC(=S)NC(C)Cn1ccnc1. The van der Waals surface area contributed by atoms with Crippen molar-refractivity contribution in [3.63, 3.8) is 0 Å². The maximum atomic E-state index is 5.14. The Morgan fingerprint density at radius 3 is 3.00 bits per heavy atom. The second-order valence-electron chi connectivity index (χ2n) is 3.56. The minimum Gasteiger partial charge on any atom is -0.363 e. The summed E-state index contributed by atoms with van der Waals surface area (Å²) in [5, 5.41) is 7.09. The third-order valence-corrected chi connectivity index (χ3v) is 2.22. The van der Waals surface area contributed by atoms with Crippen molar-refractivity contribution in [2.45, 2.75) is 32.9 Å². The van der Waals surface area contributed by atoms with E-state index < -0.39 is 0 Å². The van der Waals surface area contributed by atoms with E-state index in [1.54, 1.807) is 12.5 Å². The van der Waals surface area contributed by atoms with Crippen LogP contribution in [0.2, 0.25) is 0 Å².